The Bertz CT molecular complexity index is 824. The highest BCUT2D eigenvalue weighted by molar-refractivity contribution is 5.90. The highest BCUT2D eigenvalue weighted by Gasteiger charge is 2.54. The van der Waals surface area contributed by atoms with Gasteiger partial charge in [-0.05, 0) is 31.4 Å². The van der Waals surface area contributed by atoms with Crippen molar-refractivity contribution in [2.75, 3.05) is 7.11 Å². The van der Waals surface area contributed by atoms with Gasteiger partial charge in [0.05, 0.1) is 23.6 Å². The number of rotatable bonds is 6. The first-order valence-electron chi connectivity index (χ1n) is 7.97. The van der Waals surface area contributed by atoms with Gasteiger partial charge in [0.25, 0.3) is 5.56 Å². The van der Waals surface area contributed by atoms with Crippen molar-refractivity contribution < 1.29 is 9.53 Å². The molecule has 2 aromatic heterocycles. The highest BCUT2D eigenvalue weighted by atomic mass is 16.5. The van der Waals surface area contributed by atoms with Gasteiger partial charge < -0.3 is 9.30 Å². The number of ether oxygens (including phenoxy) is 1. The van der Waals surface area contributed by atoms with Gasteiger partial charge >= 0.3 is 0 Å². The first-order chi connectivity index (χ1) is 11.6. The van der Waals surface area contributed by atoms with Crippen molar-refractivity contribution in [1.29, 1.82) is 0 Å². The van der Waals surface area contributed by atoms with Gasteiger partial charge in [0.1, 0.15) is 5.69 Å². The number of methoxy groups -OCH3 is 1. The minimum absolute atomic E-state index is 0.111. The molecule has 1 amide bonds. The molecule has 0 aromatic carbocycles. The summed E-state index contributed by atoms with van der Waals surface area (Å²) in [5.41, 5.74) is 2.21. The van der Waals surface area contributed by atoms with Crippen LogP contribution in [0.15, 0.2) is 23.1 Å². The molecule has 1 unspecified atom stereocenters. The fourth-order valence-corrected chi connectivity index (χ4v) is 2.98. The van der Waals surface area contributed by atoms with Crippen LogP contribution in [0.25, 0.3) is 11.2 Å². The summed E-state index contributed by atoms with van der Waals surface area (Å²) < 4.78 is 7.02. The van der Waals surface area contributed by atoms with E-state index in [4.69, 9.17) is 10.6 Å². The van der Waals surface area contributed by atoms with Gasteiger partial charge in [0, 0.05) is 13.3 Å². The third-order valence-electron chi connectivity index (χ3n) is 4.67. The summed E-state index contributed by atoms with van der Waals surface area (Å²) in [6.45, 7) is 2.37. The van der Waals surface area contributed by atoms with Crippen LogP contribution in [-0.4, -0.2) is 33.7 Å². The third kappa shape index (κ3) is 2.57. The van der Waals surface area contributed by atoms with Crippen LogP contribution in [0.3, 0.4) is 0 Å². The average Bonchev–Trinajstić information content (AvgIpc) is 3.41. The number of nitrogens with zero attached hydrogens (tertiary/aromatic N) is 3. The molecule has 0 radical (unpaired) electrons. The molecule has 0 bridgehead atoms. The number of pyridine rings is 1. The molecule has 1 fully saturated rings. The maximum atomic E-state index is 13.1. The van der Waals surface area contributed by atoms with E-state index >= 15 is 0 Å². The summed E-state index contributed by atoms with van der Waals surface area (Å²) in [5.74, 6) is 4.91. The Kier molecular flexibility index (Phi) is 4.33. The van der Waals surface area contributed by atoms with Crippen LogP contribution < -0.4 is 16.8 Å². The Balaban J connectivity index is 2.20. The fraction of sp³-hybridized carbons (Fsp3) is 0.500. The Labute approximate surface area is 139 Å². The number of nitrogens with two attached hydrogens (primary N) is 1. The van der Waals surface area contributed by atoms with Crippen molar-refractivity contribution >= 4 is 17.1 Å². The van der Waals surface area contributed by atoms with E-state index in [1.54, 1.807) is 30.0 Å². The third-order valence-corrected chi connectivity index (χ3v) is 4.67. The molecule has 1 atom stereocenters. The van der Waals surface area contributed by atoms with Gasteiger partial charge in [-0.2, -0.15) is 0 Å². The van der Waals surface area contributed by atoms with E-state index in [-0.39, 0.29) is 23.3 Å². The van der Waals surface area contributed by atoms with E-state index in [0.29, 0.717) is 30.6 Å². The summed E-state index contributed by atoms with van der Waals surface area (Å²) in [7, 11) is 1.62. The number of fused-ring (bicyclic) bond motifs is 1. The Hall–Kier alpha value is -2.32. The molecule has 0 spiro atoms. The zero-order valence-corrected chi connectivity index (χ0v) is 13.8. The summed E-state index contributed by atoms with van der Waals surface area (Å²) in [6.07, 6.45) is 3.37. The minimum Gasteiger partial charge on any atom is -0.380 e. The van der Waals surface area contributed by atoms with E-state index < -0.39 is 5.41 Å². The van der Waals surface area contributed by atoms with Crippen molar-refractivity contribution in [1.82, 2.24) is 20.0 Å². The molecular formula is C16H21N5O3. The number of hydrogen-bond acceptors (Lipinski definition) is 6. The SMILES string of the molecule is CCC(Cn1c(=O)c(C2(C(=O)NN)CC2)nc2ncccc21)OC. The lowest BCUT2D eigenvalue weighted by Gasteiger charge is -2.19. The van der Waals surface area contributed by atoms with Crippen LogP contribution in [-0.2, 0) is 21.5 Å². The van der Waals surface area contributed by atoms with E-state index in [1.165, 1.54) is 0 Å². The Morgan fingerprint density at radius 3 is 2.88 bits per heavy atom. The van der Waals surface area contributed by atoms with E-state index in [2.05, 4.69) is 15.4 Å². The van der Waals surface area contributed by atoms with Gasteiger partial charge in [-0.1, -0.05) is 6.92 Å². The van der Waals surface area contributed by atoms with Gasteiger partial charge in [-0.15, -0.1) is 0 Å². The Morgan fingerprint density at radius 2 is 2.29 bits per heavy atom. The molecule has 3 N–H and O–H groups in total. The lowest BCUT2D eigenvalue weighted by Crippen LogP contribution is -2.44. The van der Waals surface area contributed by atoms with Crippen molar-refractivity contribution in [3.63, 3.8) is 0 Å². The maximum Gasteiger partial charge on any atom is 0.274 e. The molecule has 1 aliphatic carbocycles. The molecule has 2 aromatic rings. The lowest BCUT2D eigenvalue weighted by atomic mass is 10.0. The molecule has 1 saturated carbocycles. The van der Waals surface area contributed by atoms with E-state index in [9.17, 15) is 9.59 Å². The fourth-order valence-electron chi connectivity index (χ4n) is 2.98. The summed E-state index contributed by atoms with van der Waals surface area (Å²) in [6, 6.07) is 3.55. The van der Waals surface area contributed by atoms with Crippen LogP contribution in [0.4, 0.5) is 0 Å². The first-order valence-corrected chi connectivity index (χ1v) is 7.97. The molecule has 2 heterocycles. The molecule has 0 aliphatic heterocycles. The van der Waals surface area contributed by atoms with Crippen LogP contribution >= 0.6 is 0 Å². The standard InChI is InChI=1S/C16H21N5O3/c1-3-10(24-2)9-21-11-5-4-8-18-13(11)19-12(14(21)22)16(6-7-16)15(23)20-17/h4-5,8,10H,3,6-7,9,17H2,1-2H3,(H,20,23). The second-order valence-electron chi connectivity index (χ2n) is 6.04. The summed E-state index contributed by atoms with van der Waals surface area (Å²) >= 11 is 0. The molecule has 128 valence electrons. The van der Waals surface area contributed by atoms with Crippen molar-refractivity contribution in [3.8, 4) is 0 Å². The van der Waals surface area contributed by atoms with Crippen LogP contribution in [0.5, 0.6) is 0 Å². The number of aromatic nitrogens is 3. The second-order valence-corrected chi connectivity index (χ2v) is 6.04. The summed E-state index contributed by atoms with van der Waals surface area (Å²) in [4.78, 5) is 33.9. The predicted octanol–water partition coefficient (Wildman–Crippen LogP) is 0.238. The van der Waals surface area contributed by atoms with Crippen molar-refractivity contribution in [3.05, 3.63) is 34.4 Å². The molecule has 3 rings (SSSR count). The predicted molar refractivity (Wildman–Crippen MR) is 88.1 cm³/mol. The summed E-state index contributed by atoms with van der Waals surface area (Å²) in [5, 5.41) is 0. The molecular weight excluding hydrogens is 310 g/mol. The van der Waals surface area contributed by atoms with E-state index in [1.807, 2.05) is 6.92 Å². The number of carbonyl (C=O) groups excluding carboxylic acids is 1. The Morgan fingerprint density at radius 1 is 1.54 bits per heavy atom. The largest absolute Gasteiger partial charge is 0.380 e. The van der Waals surface area contributed by atoms with Gasteiger partial charge in [-0.3, -0.25) is 15.0 Å². The van der Waals surface area contributed by atoms with Crippen LogP contribution in [0, 0.1) is 0 Å². The highest BCUT2D eigenvalue weighted by Crippen LogP contribution is 2.46. The second kappa shape index (κ2) is 6.29. The smallest absolute Gasteiger partial charge is 0.274 e. The van der Waals surface area contributed by atoms with E-state index in [0.717, 1.165) is 6.42 Å². The number of amides is 1. The molecule has 8 heteroatoms. The molecule has 8 nitrogen and oxygen atoms in total. The van der Waals surface area contributed by atoms with Crippen molar-refractivity contribution in [2.45, 2.75) is 44.2 Å². The molecule has 0 saturated heterocycles. The van der Waals surface area contributed by atoms with Crippen LogP contribution in [0.2, 0.25) is 0 Å². The minimum atomic E-state index is -0.936. The van der Waals surface area contributed by atoms with Gasteiger partial charge in [0.2, 0.25) is 5.91 Å². The maximum absolute atomic E-state index is 13.1. The molecule has 24 heavy (non-hydrogen) atoms. The topological polar surface area (TPSA) is 112 Å². The lowest BCUT2D eigenvalue weighted by molar-refractivity contribution is -0.123. The van der Waals surface area contributed by atoms with Gasteiger partial charge in [-0.25, -0.2) is 15.8 Å². The van der Waals surface area contributed by atoms with Crippen LogP contribution in [0.1, 0.15) is 31.9 Å². The molecule has 1 aliphatic rings. The quantitative estimate of drug-likeness (QED) is 0.445. The number of carbonyl (C=O) groups is 1. The average molecular weight is 331 g/mol. The van der Waals surface area contributed by atoms with Gasteiger partial charge in [0.15, 0.2) is 5.65 Å². The monoisotopic (exact) mass is 331 g/mol. The first kappa shape index (κ1) is 16.5. The number of nitrogens with one attached hydrogen (secondary N) is 1. The number of hydrogen-bond donors (Lipinski definition) is 2. The normalized spacial score (nSPS) is 16.8. The number of hydrazine groups is 1. The zero-order chi connectivity index (χ0) is 17.3. The van der Waals surface area contributed by atoms with Crippen molar-refractivity contribution in [2.24, 2.45) is 5.84 Å². The zero-order valence-electron chi connectivity index (χ0n) is 13.8.